The van der Waals surface area contributed by atoms with E-state index in [0.29, 0.717) is 6.42 Å². The second-order valence-electron chi connectivity index (χ2n) is 3.86. The molecule has 0 fully saturated rings. The Hall–Kier alpha value is -0.200. The highest BCUT2D eigenvalue weighted by Crippen LogP contribution is 2.04. The van der Waals surface area contributed by atoms with E-state index in [1.165, 1.54) is 0 Å². The van der Waals surface area contributed by atoms with E-state index in [1.807, 2.05) is 13.8 Å². The lowest BCUT2D eigenvalue weighted by Crippen LogP contribution is -2.30. The molecule has 92 valence electrons. The Kier molecular flexibility index (Phi) is 7.04. The quantitative estimate of drug-likeness (QED) is 0.656. The van der Waals surface area contributed by atoms with Gasteiger partial charge in [0.15, 0.2) is 0 Å². The predicted molar refractivity (Wildman–Crippen MR) is 57.8 cm³/mol. The normalized spacial score (nSPS) is 14.5. The fraction of sp³-hybridized carbons (Fsp3) is 1.00. The highest BCUT2D eigenvalue weighted by Gasteiger charge is 2.12. The smallest absolute Gasteiger partial charge is 0.211 e. The largest absolute Gasteiger partial charge is 0.393 e. The van der Waals surface area contributed by atoms with Crippen molar-refractivity contribution < 1.29 is 17.9 Å². The topological polar surface area (TPSA) is 66.4 Å². The molecule has 2 N–H and O–H groups in total. The monoisotopic (exact) mass is 241 g/mol. The highest BCUT2D eigenvalue weighted by molar-refractivity contribution is 7.89. The van der Waals surface area contributed by atoms with E-state index in [1.54, 1.807) is 0 Å². The van der Waals surface area contributed by atoms with Crippen molar-refractivity contribution in [1.82, 2.24) is 4.72 Å². The van der Waals surface area contributed by atoms with E-state index < -0.39 is 22.8 Å². The van der Waals surface area contributed by atoms with E-state index in [2.05, 4.69) is 4.72 Å². The summed E-state index contributed by atoms with van der Waals surface area (Å²) in [6.07, 6.45) is -0.108. The summed E-state index contributed by atoms with van der Waals surface area (Å²) >= 11 is 0. The van der Waals surface area contributed by atoms with Crippen LogP contribution in [0.4, 0.5) is 4.39 Å². The molecule has 6 heteroatoms. The predicted octanol–water partition coefficient (Wildman–Crippen LogP) is 0.672. The van der Waals surface area contributed by atoms with Crippen molar-refractivity contribution in [2.24, 2.45) is 5.92 Å². The second kappa shape index (κ2) is 7.14. The maximum Gasteiger partial charge on any atom is 0.211 e. The van der Waals surface area contributed by atoms with E-state index in [-0.39, 0.29) is 24.6 Å². The van der Waals surface area contributed by atoms with Crippen molar-refractivity contribution in [3.63, 3.8) is 0 Å². The number of aliphatic hydroxyl groups excluding tert-OH is 1. The molecule has 0 spiro atoms. The van der Waals surface area contributed by atoms with Crippen molar-refractivity contribution >= 4 is 10.0 Å². The maximum absolute atomic E-state index is 11.7. The summed E-state index contributed by atoms with van der Waals surface area (Å²) in [5.74, 6) is -0.0817. The van der Waals surface area contributed by atoms with Crippen molar-refractivity contribution in [2.45, 2.75) is 32.8 Å². The number of hydrogen-bond acceptors (Lipinski definition) is 3. The van der Waals surface area contributed by atoms with Crippen molar-refractivity contribution in [3.8, 4) is 0 Å². The molecule has 0 heterocycles. The van der Waals surface area contributed by atoms with E-state index in [9.17, 15) is 17.9 Å². The molecule has 0 aromatic heterocycles. The zero-order valence-electron chi connectivity index (χ0n) is 9.24. The van der Waals surface area contributed by atoms with Crippen LogP contribution in [0.1, 0.15) is 26.7 Å². The van der Waals surface area contributed by atoms with Gasteiger partial charge < -0.3 is 5.11 Å². The molecule has 0 amide bonds. The van der Waals surface area contributed by atoms with Gasteiger partial charge in [-0.15, -0.1) is 0 Å². The number of nitrogens with one attached hydrogen (secondary N) is 1. The molecule has 15 heavy (non-hydrogen) atoms. The van der Waals surface area contributed by atoms with Gasteiger partial charge in [0.05, 0.1) is 18.5 Å². The Bertz CT molecular complexity index is 254. The van der Waals surface area contributed by atoms with Crippen molar-refractivity contribution in [3.05, 3.63) is 0 Å². The van der Waals surface area contributed by atoms with Crippen molar-refractivity contribution in [2.75, 3.05) is 19.0 Å². The minimum absolute atomic E-state index is 0.0159. The molecule has 0 rings (SSSR count). The lowest BCUT2D eigenvalue weighted by atomic mass is 10.1. The lowest BCUT2D eigenvalue weighted by molar-refractivity contribution is 0.118. The standard InChI is InChI=1S/C9H20FNO3S/c1-8(2)9(12)4-6-11-15(13,14)7-3-5-10/h8-9,11-12H,3-7H2,1-2H3. The number of alkyl halides is 1. The van der Waals surface area contributed by atoms with Gasteiger partial charge in [-0.25, -0.2) is 13.1 Å². The number of aliphatic hydroxyl groups is 1. The van der Waals surface area contributed by atoms with Gasteiger partial charge in [-0.2, -0.15) is 0 Å². The number of sulfonamides is 1. The Morgan fingerprint density at radius 3 is 2.47 bits per heavy atom. The summed E-state index contributed by atoms with van der Waals surface area (Å²) in [5, 5.41) is 9.40. The number of hydrogen-bond donors (Lipinski definition) is 2. The zero-order valence-corrected chi connectivity index (χ0v) is 10.1. The van der Waals surface area contributed by atoms with Gasteiger partial charge in [0, 0.05) is 6.54 Å². The Morgan fingerprint density at radius 1 is 1.40 bits per heavy atom. The first kappa shape index (κ1) is 14.8. The molecule has 0 aliphatic heterocycles. The first-order valence-corrected chi connectivity index (χ1v) is 6.75. The molecule has 0 aliphatic carbocycles. The Morgan fingerprint density at radius 2 is 2.00 bits per heavy atom. The van der Waals surface area contributed by atoms with Crippen LogP contribution in [0.2, 0.25) is 0 Å². The molecular formula is C9H20FNO3S. The maximum atomic E-state index is 11.7. The molecular weight excluding hydrogens is 221 g/mol. The summed E-state index contributed by atoms with van der Waals surface area (Å²) in [7, 11) is -3.37. The van der Waals surface area contributed by atoms with Gasteiger partial charge in [-0.05, 0) is 18.8 Å². The summed E-state index contributed by atoms with van der Waals surface area (Å²) in [4.78, 5) is 0. The highest BCUT2D eigenvalue weighted by atomic mass is 32.2. The number of rotatable bonds is 8. The van der Waals surface area contributed by atoms with Crippen LogP contribution in [0.3, 0.4) is 0 Å². The zero-order chi connectivity index (χ0) is 11.9. The molecule has 0 aromatic rings. The van der Waals surface area contributed by atoms with Crippen LogP contribution in [-0.2, 0) is 10.0 Å². The molecule has 0 aliphatic rings. The summed E-state index contributed by atoms with van der Waals surface area (Å²) in [6.45, 7) is 3.30. The van der Waals surface area contributed by atoms with Crippen molar-refractivity contribution in [1.29, 1.82) is 0 Å². The minimum atomic E-state index is -3.37. The molecule has 1 atom stereocenters. The third-order valence-corrected chi connectivity index (χ3v) is 3.55. The Balaban J connectivity index is 3.75. The molecule has 0 radical (unpaired) electrons. The molecule has 0 saturated carbocycles. The molecule has 1 unspecified atom stereocenters. The summed E-state index contributed by atoms with van der Waals surface area (Å²) in [6, 6.07) is 0. The lowest BCUT2D eigenvalue weighted by Gasteiger charge is -2.14. The van der Waals surface area contributed by atoms with Gasteiger partial charge in [0.25, 0.3) is 0 Å². The molecule has 0 saturated heterocycles. The average molecular weight is 241 g/mol. The fourth-order valence-corrected chi connectivity index (χ4v) is 2.07. The van der Waals surface area contributed by atoms with Gasteiger partial charge >= 0.3 is 0 Å². The van der Waals surface area contributed by atoms with Crippen LogP contribution in [0.25, 0.3) is 0 Å². The SMILES string of the molecule is CC(C)C(O)CCNS(=O)(=O)CCCF. The van der Waals surface area contributed by atoms with Crippen LogP contribution in [0, 0.1) is 5.92 Å². The summed E-state index contributed by atoms with van der Waals surface area (Å²) in [5.41, 5.74) is 0. The van der Waals surface area contributed by atoms with Gasteiger partial charge in [-0.1, -0.05) is 13.8 Å². The average Bonchev–Trinajstić information content (AvgIpc) is 2.14. The fourth-order valence-electron chi connectivity index (χ4n) is 1.01. The molecule has 0 aromatic carbocycles. The molecule has 0 bridgehead atoms. The first-order chi connectivity index (χ1) is 6.89. The third kappa shape index (κ3) is 7.70. The molecule has 4 nitrogen and oxygen atoms in total. The first-order valence-electron chi connectivity index (χ1n) is 5.10. The summed E-state index contributed by atoms with van der Waals surface area (Å²) < 4.78 is 36.4. The van der Waals surface area contributed by atoms with E-state index >= 15 is 0 Å². The van der Waals surface area contributed by atoms with Gasteiger partial charge in [-0.3, -0.25) is 4.39 Å². The van der Waals surface area contributed by atoms with E-state index in [4.69, 9.17) is 0 Å². The second-order valence-corrected chi connectivity index (χ2v) is 5.78. The van der Waals surface area contributed by atoms with Gasteiger partial charge in [0.2, 0.25) is 10.0 Å². The number of halogens is 1. The van der Waals surface area contributed by atoms with Crippen LogP contribution in [-0.4, -0.2) is 38.6 Å². The van der Waals surface area contributed by atoms with Gasteiger partial charge in [0.1, 0.15) is 0 Å². The Labute approximate surface area is 90.9 Å². The van der Waals surface area contributed by atoms with Crippen LogP contribution < -0.4 is 4.72 Å². The third-order valence-electron chi connectivity index (χ3n) is 2.08. The van der Waals surface area contributed by atoms with Crippen LogP contribution in [0.15, 0.2) is 0 Å². The minimum Gasteiger partial charge on any atom is -0.393 e. The van der Waals surface area contributed by atoms with Crippen LogP contribution in [0.5, 0.6) is 0 Å². The van der Waals surface area contributed by atoms with Crippen LogP contribution >= 0.6 is 0 Å². The van der Waals surface area contributed by atoms with E-state index in [0.717, 1.165) is 0 Å².